The van der Waals surface area contributed by atoms with Crippen LogP contribution in [-0.4, -0.2) is 79.6 Å². The third kappa shape index (κ3) is 9.38. The number of halogens is 1. The second-order valence-electron chi connectivity index (χ2n) is 10.5. The number of rotatable bonds is 17. The number of methoxy groups -OCH3 is 2. The summed E-state index contributed by atoms with van der Waals surface area (Å²) in [6, 6.07) is 6.44. The van der Waals surface area contributed by atoms with Crippen LogP contribution in [0.2, 0.25) is 0 Å². The van der Waals surface area contributed by atoms with Gasteiger partial charge in [0.2, 0.25) is 0 Å². The Labute approximate surface area is 232 Å². The highest BCUT2D eigenvalue weighted by Crippen LogP contribution is 2.33. The van der Waals surface area contributed by atoms with Crippen LogP contribution in [0.25, 0.3) is 0 Å². The average Bonchev–Trinajstić information content (AvgIpc) is 3.41. The molecule has 2 amide bonds. The summed E-state index contributed by atoms with van der Waals surface area (Å²) < 4.78 is 17.6. The van der Waals surface area contributed by atoms with Crippen molar-refractivity contribution >= 4 is 23.6 Å². The number of hydrogen-bond acceptors (Lipinski definition) is 7. The van der Waals surface area contributed by atoms with Gasteiger partial charge in [0.25, 0.3) is 11.8 Å². The number of nitrogens with one attached hydrogen (secondary N) is 1. The highest BCUT2D eigenvalue weighted by molar-refractivity contribution is 6.24. The molecule has 0 unspecified atom stereocenters. The highest BCUT2D eigenvalue weighted by atomic mass is 35.5. The highest BCUT2D eigenvalue weighted by Gasteiger charge is 2.41. The Hall–Kier alpha value is -1.91. The fourth-order valence-corrected chi connectivity index (χ4v) is 5.03. The fourth-order valence-electron chi connectivity index (χ4n) is 4.76. The Morgan fingerprint density at radius 3 is 2.45 bits per heavy atom. The van der Waals surface area contributed by atoms with Gasteiger partial charge in [0, 0.05) is 51.7 Å². The fraction of sp³-hybridized carbons (Fsp3) is 0.714. The van der Waals surface area contributed by atoms with Crippen molar-refractivity contribution < 1.29 is 28.9 Å². The maximum absolute atomic E-state index is 13.2. The summed E-state index contributed by atoms with van der Waals surface area (Å²) in [5, 5.41) is 13.5. The van der Waals surface area contributed by atoms with Crippen LogP contribution in [0.3, 0.4) is 0 Å². The van der Waals surface area contributed by atoms with Crippen LogP contribution in [0.15, 0.2) is 24.3 Å². The van der Waals surface area contributed by atoms with E-state index in [0.717, 1.165) is 25.7 Å². The van der Waals surface area contributed by atoms with Gasteiger partial charge < -0.3 is 30.4 Å². The largest absolute Gasteiger partial charge is 0.493 e. The zero-order valence-electron chi connectivity index (χ0n) is 23.3. The first-order chi connectivity index (χ1) is 18.1. The van der Waals surface area contributed by atoms with E-state index in [1.54, 1.807) is 32.4 Å². The van der Waals surface area contributed by atoms with E-state index in [1.165, 1.54) is 4.42 Å². The Kier molecular flexibility index (Phi) is 13.8. The Morgan fingerprint density at radius 2 is 1.82 bits per heavy atom. The van der Waals surface area contributed by atoms with Crippen molar-refractivity contribution in [1.29, 1.82) is 0 Å². The number of para-hydroxylation sites is 1. The molecule has 1 fully saturated rings. The Balaban J connectivity index is 1.92. The van der Waals surface area contributed by atoms with E-state index in [9.17, 15) is 14.7 Å². The number of carbonyl (C=O) groups is 2. The van der Waals surface area contributed by atoms with E-state index in [-0.39, 0.29) is 36.7 Å². The predicted molar refractivity (Wildman–Crippen MR) is 148 cm³/mol. The second kappa shape index (κ2) is 16.3. The van der Waals surface area contributed by atoms with Crippen LogP contribution >= 0.6 is 11.8 Å². The van der Waals surface area contributed by atoms with Crippen LogP contribution < -0.4 is 15.8 Å². The molecule has 1 aliphatic carbocycles. The molecule has 10 heteroatoms. The van der Waals surface area contributed by atoms with Crippen molar-refractivity contribution in [3.63, 3.8) is 0 Å². The number of amides is 2. The van der Waals surface area contributed by atoms with Gasteiger partial charge in [-0.2, -0.15) is 0 Å². The van der Waals surface area contributed by atoms with Gasteiger partial charge in [0.15, 0.2) is 0 Å². The number of hydrogen-bond donors (Lipinski definition) is 3. The maximum atomic E-state index is 13.2. The molecule has 1 aliphatic rings. The number of unbranched alkanes of at least 4 members (excludes halogenated alkanes) is 1. The number of ether oxygens (including phenoxy) is 3. The van der Waals surface area contributed by atoms with E-state index in [1.807, 2.05) is 19.9 Å². The zero-order chi connectivity index (χ0) is 28.1. The molecule has 2 rings (SSSR count). The summed E-state index contributed by atoms with van der Waals surface area (Å²) in [6.45, 7) is 5.47. The molecule has 1 aromatic rings. The lowest BCUT2D eigenvalue weighted by molar-refractivity contribution is -0.143. The smallest absolute Gasteiger partial charge is 0.271 e. The second-order valence-corrected chi connectivity index (χ2v) is 10.9. The van der Waals surface area contributed by atoms with Gasteiger partial charge in [-0.05, 0) is 68.9 Å². The van der Waals surface area contributed by atoms with Crippen molar-refractivity contribution in [3.05, 3.63) is 29.8 Å². The molecule has 0 aromatic heterocycles. The first-order valence-electron chi connectivity index (χ1n) is 13.6. The summed E-state index contributed by atoms with van der Waals surface area (Å²) in [5.41, 5.74) is 5.91. The van der Waals surface area contributed by atoms with Crippen LogP contribution in [0.1, 0.15) is 69.2 Å². The molecule has 0 spiro atoms. The van der Waals surface area contributed by atoms with Gasteiger partial charge in [-0.1, -0.05) is 26.0 Å². The molecule has 0 radical (unpaired) electrons. The molecular formula is C28H46ClN3O6. The van der Waals surface area contributed by atoms with Crippen LogP contribution in [0, 0.1) is 11.8 Å². The minimum Gasteiger partial charge on any atom is -0.493 e. The molecule has 0 heterocycles. The van der Waals surface area contributed by atoms with Crippen molar-refractivity contribution in [2.24, 2.45) is 17.6 Å². The number of aliphatic hydroxyl groups is 1. The van der Waals surface area contributed by atoms with Crippen LogP contribution in [0.4, 0.5) is 0 Å². The summed E-state index contributed by atoms with van der Waals surface area (Å²) >= 11 is 6.49. The first-order valence-corrected chi connectivity index (χ1v) is 13.9. The van der Waals surface area contributed by atoms with E-state index >= 15 is 0 Å². The molecule has 0 bridgehead atoms. The Bertz CT molecular complexity index is 865. The third-order valence-corrected chi connectivity index (χ3v) is 7.72. The molecule has 1 aromatic carbocycles. The van der Waals surface area contributed by atoms with Gasteiger partial charge in [-0.3, -0.25) is 14.0 Å². The van der Waals surface area contributed by atoms with Crippen molar-refractivity contribution in [2.45, 2.75) is 76.5 Å². The molecule has 0 saturated heterocycles. The van der Waals surface area contributed by atoms with E-state index < -0.39 is 17.7 Å². The van der Waals surface area contributed by atoms with Crippen molar-refractivity contribution in [2.75, 3.05) is 40.5 Å². The van der Waals surface area contributed by atoms with Crippen LogP contribution in [-0.2, 0) is 14.3 Å². The first kappa shape index (κ1) is 32.3. The number of carbonyl (C=O) groups excluding carboxylic acids is 2. The van der Waals surface area contributed by atoms with E-state index in [2.05, 4.69) is 5.32 Å². The third-order valence-electron chi connectivity index (χ3n) is 7.43. The molecule has 3 atom stereocenters. The summed E-state index contributed by atoms with van der Waals surface area (Å²) in [7, 11) is 3.21. The SMILES string of the molecule is COCCCCOc1ccccc1C(=O)N(Cl)C[C@@H](C[C@H](N)[C@@H](O)CNC(=O)C1(OC)CCCC1)C(C)C. The monoisotopic (exact) mass is 555 g/mol. The summed E-state index contributed by atoms with van der Waals surface area (Å²) in [4.78, 5) is 25.9. The molecule has 9 nitrogen and oxygen atoms in total. The lowest BCUT2D eigenvalue weighted by Gasteiger charge is -2.30. The predicted octanol–water partition coefficient (Wildman–Crippen LogP) is 3.51. The van der Waals surface area contributed by atoms with Gasteiger partial charge in [-0.25, -0.2) is 0 Å². The number of aliphatic hydroxyl groups excluding tert-OH is 1. The van der Waals surface area contributed by atoms with Crippen molar-refractivity contribution in [3.8, 4) is 5.75 Å². The normalized spacial score (nSPS) is 17.2. The lowest BCUT2D eigenvalue weighted by atomic mass is 9.87. The lowest BCUT2D eigenvalue weighted by Crippen LogP contribution is -2.51. The summed E-state index contributed by atoms with van der Waals surface area (Å²) in [5.74, 6) is 0.00741. The van der Waals surface area contributed by atoms with Gasteiger partial charge in [0.05, 0.1) is 18.3 Å². The molecule has 0 aliphatic heterocycles. The quantitative estimate of drug-likeness (QED) is 0.198. The van der Waals surface area contributed by atoms with Gasteiger partial charge >= 0.3 is 0 Å². The number of benzene rings is 1. The maximum Gasteiger partial charge on any atom is 0.271 e. The zero-order valence-corrected chi connectivity index (χ0v) is 24.0. The molecular weight excluding hydrogens is 510 g/mol. The standard InChI is InChI=1S/C28H46ClN3O6/c1-20(2)21(17-23(30)24(33)18-31-27(35)28(37-4)13-7-8-14-28)19-32(29)26(34)22-11-5-6-12-25(22)38-16-10-9-15-36-3/h5-6,11-12,20-21,23-24,33H,7-10,13-19,30H2,1-4H3,(H,31,35)/t21-,23+,24+/m1/s1. The number of nitrogens with zero attached hydrogens (tertiary/aromatic N) is 1. The van der Waals surface area contributed by atoms with Crippen LogP contribution in [0.5, 0.6) is 5.75 Å². The molecule has 216 valence electrons. The summed E-state index contributed by atoms with van der Waals surface area (Å²) in [6.07, 6.45) is 4.40. The average molecular weight is 556 g/mol. The Morgan fingerprint density at radius 1 is 1.16 bits per heavy atom. The minimum absolute atomic E-state index is 0.0363. The molecule has 1 saturated carbocycles. The van der Waals surface area contributed by atoms with Crippen molar-refractivity contribution in [1.82, 2.24) is 9.74 Å². The topological polar surface area (TPSA) is 123 Å². The van der Waals surface area contributed by atoms with Gasteiger partial charge in [-0.15, -0.1) is 0 Å². The van der Waals surface area contributed by atoms with E-state index in [0.29, 0.717) is 43.8 Å². The van der Waals surface area contributed by atoms with Gasteiger partial charge in [0.1, 0.15) is 11.4 Å². The molecule has 38 heavy (non-hydrogen) atoms. The molecule has 4 N–H and O–H groups in total. The minimum atomic E-state index is -0.942. The number of nitrogens with two attached hydrogens (primary N) is 1. The van der Waals surface area contributed by atoms with E-state index in [4.69, 9.17) is 31.7 Å².